The van der Waals surface area contributed by atoms with E-state index in [9.17, 15) is 4.39 Å². The highest BCUT2D eigenvalue weighted by Crippen LogP contribution is 2.17. The molecule has 0 atom stereocenters. The summed E-state index contributed by atoms with van der Waals surface area (Å²) in [6, 6.07) is 6.53. The quantitative estimate of drug-likeness (QED) is 0.792. The van der Waals surface area contributed by atoms with Gasteiger partial charge in [0, 0.05) is 13.1 Å². The van der Waals surface area contributed by atoms with E-state index in [2.05, 4.69) is 12.2 Å². The zero-order valence-corrected chi connectivity index (χ0v) is 8.22. The second kappa shape index (κ2) is 3.67. The summed E-state index contributed by atoms with van der Waals surface area (Å²) in [5, 5.41) is 3.15. The Bertz CT molecular complexity index is 323. The molecule has 0 amide bonds. The van der Waals surface area contributed by atoms with Crippen molar-refractivity contribution in [2.45, 2.75) is 19.1 Å². The van der Waals surface area contributed by atoms with Gasteiger partial charge in [-0.2, -0.15) is 0 Å². The van der Waals surface area contributed by atoms with E-state index in [-0.39, 0.29) is 11.4 Å². The maximum atomic E-state index is 12.8. The molecule has 0 radical (unpaired) electrons. The Hall–Kier alpha value is -0.930. The van der Waals surface area contributed by atoms with Crippen molar-refractivity contribution in [2.75, 3.05) is 13.1 Å². The smallest absolute Gasteiger partial charge is 0.123 e. The molecular weight excluding hydrogens is 181 g/mol. The Morgan fingerprint density at radius 3 is 2.86 bits per heavy atom. The molecule has 3 heteroatoms. The summed E-state index contributed by atoms with van der Waals surface area (Å²) in [7, 11) is 0. The lowest BCUT2D eigenvalue weighted by atomic mass is 10.00. The van der Waals surface area contributed by atoms with Gasteiger partial charge in [-0.05, 0) is 24.6 Å². The summed E-state index contributed by atoms with van der Waals surface area (Å²) in [6.07, 6.45) is 0. The molecule has 1 aliphatic heterocycles. The summed E-state index contributed by atoms with van der Waals surface area (Å²) >= 11 is 0. The van der Waals surface area contributed by atoms with Crippen molar-refractivity contribution in [1.82, 2.24) is 5.32 Å². The normalized spacial score (nSPS) is 19.0. The van der Waals surface area contributed by atoms with Crippen LogP contribution >= 0.6 is 0 Å². The first kappa shape index (κ1) is 9.62. The molecule has 1 N–H and O–H groups in total. The largest absolute Gasteiger partial charge is 0.368 e. The number of ether oxygens (including phenoxy) is 1. The van der Waals surface area contributed by atoms with Gasteiger partial charge < -0.3 is 10.1 Å². The molecule has 2 rings (SSSR count). The molecule has 0 aromatic heterocycles. The van der Waals surface area contributed by atoms with Crippen LogP contribution in [0.4, 0.5) is 4.39 Å². The first-order valence-electron chi connectivity index (χ1n) is 4.77. The topological polar surface area (TPSA) is 21.3 Å². The SMILES string of the molecule is CC1(OCc2cccc(F)c2)CNC1. The van der Waals surface area contributed by atoms with Crippen molar-refractivity contribution >= 4 is 0 Å². The maximum Gasteiger partial charge on any atom is 0.123 e. The second-order valence-electron chi connectivity index (χ2n) is 3.97. The van der Waals surface area contributed by atoms with Gasteiger partial charge in [0.25, 0.3) is 0 Å². The van der Waals surface area contributed by atoms with Crippen molar-refractivity contribution in [3.8, 4) is 0 Å². The van der Waals surface area contributed by atoms with E-state index in [0.29, 0.717) is 6.61 Å². The van der Waals surface area contributed by atoms with Gasteiger partial charge in [-0.3, -0.25) is 0 Å². The zero-order valence-electron chi connectivity index (χ0n) is 8.22. The molecule has 1 heterocycles. The fourth-order valence-electron chi connectivity index (χ4n) is 1.46. The van der Waals surface area contributed by atoms with E-state index in [1.807, 2.05) is 6.07 Å². The van der Waals surface area contributed by atoms with Crippen LogP contribution in [0.1, 0.15) is 12.5 Å². The number of nitrogens with one attached hydrogen (secondary N) is 1. The third-order valence-corrected chi connectivity index (χ3v) is 2.47. The molecule has 1 aliphatic rings. The Morgan fingerprint density at radius 2 is 2.29 bits per heavy atom. The molecule has 14 heavy (non-hydrogen) atoms. The molecule has 1 saturated heterocycles. The lowest BCUT2D eigenvalue weighted by molar-refractivity contribution is -0.0768. The standard InChI is InChI=1S/C11H14FNO/c1-11(7-13-8-11)14-6-9-3-2-4-10(12)5-9/h2-5,13H,6-8H2,1H3. The van der Waals surface area contributed by atoms with E-state index in [4.69, 9.17) is 4.74 Å². The molecule has 76 valence electrons. The summed E-state index contributed by atoms with van der Waals surface area (Å²) in [4.78, 5) is 0. The molecule has 0 bridgehead atoms. The van der Waals surface area contributed by atoms with Gasteiger partial charge >= 0.3 is 0 Å². The van der Waals surface area contributed by atoms with Crippen LogP contribution in [0.15, 0.2) is 24.3 Å². The molecule has 2 nitrogen and oxygen atoms in total. The van der Waals surface area contributed by atoms with Crippen molar-refractivity contribution in [1.29, 1.82) is 0 Å². The molecule has 0 aliphatic carbocycles. The fourth-order valence-corrected chi connectivity index (χ4v) is 1.46. The highest BCUT2D eigenvalue weighted by atomic mass is 19.1. The third-order valence-electron chi connectivity index (χ3n) is 2.47. The number of halogens is 1. The fraction of sp³-hybridized carbons (Fsp3) is 0.455. The van der Waals surface area contributed by atoms with Crippen molar-refractivity contribution in [3.05, 3.63) is 35.6 Å². The van der Waals surface area contributed by atoms with Crippen LogP contribution in [0.5, 0.6) is 0 Å². The van der Waals surface area contributed by atoms with Crippen LogP contribution in [-0.2, 0) is 11.3 Å². The number of rotatable bonds is 3. The Kier molecular flexibility index (Phi) is 2.52. The number of hydrogen-bond acceptors (Lipinski definition) is 2. The van der Waals surface area contributed by atoms with Crippen molar-refractivity contribution in [2.24, 2.45) is 0 Å². The summed E-state index contributed by atoms with van der Waals surface area (Å²) in [6.45, 7) is 4.30. The van der Waals surface area contributed by atoms with Gasteiger partial charge in [-0.25, -0.2) is 4.39 Å². The van der Waals surface area contributed by atoms with E-state index in [1.54, 1.807) is 6.07 Å². The van der Waals surface area contributed by atoms with Crippen molar-refractivity contribution < 1.29 is 9.13 Å². The van der Waals surface area contributed by atoms with Gasteiger partial charge in [-0.15, -0.1) is 0 Å². The minimum atomic E-state index is -0.206. The van der Waals surface area contributed by atoms with E-state index < -0.39 is 0 Å². The number of hydrogen-bond donors (Lipinski definition) is 1. The average molecular weight is 195 g/mol. The monoisotopic (exact) mass is 195 g/mol. The first-order chi connectivity index (χ1) is 6.68. The summed E-state index contributed by atoms with van der Waals surface area (Å²) in [5.41, 5.74) is 0.824. The van der Waals surface area contributed by atoms with Crippen LogP contribution in [0.3, 0.4) is 0 Å². The highest BCUT2D eigenvalue weighted by molar-refractivity contribution is 5.15. The summed E-state index contributed by atoms with van der Waals surface area (Å²) in [5.74, 6) is -0.206. The van der Waals surface area contributed by atoms with Gasteiger partial charge in [0.1, 0.15) is 5.82 Å². The number of benzene rings is 1. The van der Waals surface area contributed by atoms with Gasteiger partial charge in [0.05, 0.1) is 12.2 Å². The predicted molar refractivity (Wildman–Crippen MR) is 52.5 cm³/mol. The second-order valence-corrected chi connectivity index (χ2v) is 3.97. The Labute approximate surface area is 83.1 Å². The lowest BCUT2D eigenvalue weighted by Crippen LogP contribution is -2.58. The molecule has 1 aromatic rings. The average Bonchev–Trinajstić information content (AvgIpc) is 2.12. The molecule has 0 unspecified atom stereocenters. The summed E-state index contributed by atoms with van der Waals surface area (Å²) < 4.78 is 18.5. The third kappa shape index (κ3) is 2.11. The minimum absolute atomic E-state index is 0.0632. The van der Waals surface area contributed by atoms with Crippen LogP contribution in [0.25, 0.3) is 0 Å². The van der Waals surface area contributed by atoms with Crippen molar-refractivity contribution in [3.63, 3.8) is 0 Å². The molecule has 1 fully saturated rings. The van der Waals surface area contributed by atoms with E-state index >= 15 is 0 Å². The van der Waals surface area contributed by atoms with Crippen LogP contribution in [-0.4, -0.2) is 18.7 Å². The molecule has 0 saturated carbocycles. The van der Waals surface area contributed by atoms with E-state index in [1.165, 1.54) is 12.1 Å². The molecular formula is C11H14FNO. The van der Waals surface area contributed by atoms with Crippen LogP contribution in [0.2, 0.25) is 0 Å². The molecule has 0 spiro atoms. The Morgan fingerprint density at radius 1 is 1.50 bits per heavy atom. The first-order valence-corrected chi connectivity index (χ1v) is 4.77. The minimum Gasteiger partial charge on any atom is -0.368 e. The predicted octanol–water partition coefficient (Wildman–Crippen LogP) is 1.70. The van der Waals surface area contributed by atoms with Crippen LogP contribution in [0, 0.1) is 5.82 Å². The Balaban J connectivity index is 1.91. The highest BCUT2D eigenvalue weighted by Gasteiger charge is 2.32. The zero-order chi connectivity index (χ0) is 10.0. The maximum absolute atomic E-state index is 12.8. The van der Waals surface area contributed by atoms with Gasteiger partial charge in [0.15, 0.2) is 0 Å². The lowest BCUT2D eigenvalue weighted by Gasteiger charge is -2.39. The van der Waals surface area contributed by atoms with Gasteiger partial charge in [-0.1, -0.05) is 12.1 Å². The van der Waals surface area contributed by atoms with Crippen LogP contribution < -0.4 is 5.32 Å². The molecule has 1 aromatic carbocycles. The van der Waals surface area contributed by atoms with E-state index in [0.717, 1.165) is 18.7 Å². The van der Waals surface area contributed by atoms with Gasteiger partial charge in [0.2, 0.25) is 0 Å².